The number of aliphatic carboxylic acids is 1. The second kappa shape index (κ2) is 21.1. The molecule has 3 heterocycles. The smallest absolute Gasteiger partial charge is 0.332 e. The molecule has 1 saturated carbocycles. The Balaban J connectivity index is 1.47. The van der Waals surface area contributed by atoms with Crippen LogP contribution in [-0.4, -0.2) is 182 Å². The summed E-state index contributed by atoms with van der Waals surface area (Å²) in [4.78, 5) is 25.3. The van der Waals surface area contributed by atoms with Crippen molar-refractivity contribution in [2.24, 2.45) is 11.7 Å². The molecule has 4 aliphatic rings. The first-order valence-corrected chi connectivity index (χ1v) is 19.4. The van der Waals surface area contributed by atoms with E-state index in [2.05, 4.69) is 5.32 Å². The Morgan fingerprint density at radius 3 is 1.95 bits per heavy atom. The molecule has 0 spiro atoms. The molecule has 20 heteroatoms. The number of carbonyl (C=O) groups is 2. The van der Waals surface area contributed by atoms with Gasteiger partial charge in [-0.2, -0.15) is 0 Å². The van der Waals surface area contributed by atoms with Crippen LogP contribution in [-0.2, 0) is 44.4 Å². The number of amides is 1. The maximum absolute atomic E-state index is 12.7. The van der Waals surface area contributed by atoms with Crippen molar-refractivity contribution in [2.75, 3.05) is 26.4 Å². The van der Waals surface area contributed by atoms with Crippen LogP contribution in [0.5, 0.6) is 5.75 Å². The van der Waals surface area contributed by atoms with Crippen molar-refractivity contribution >= 4 is 11.9 Å². The molecular formula is C37H58N2O18. The Kier molecular flexibility index (Phi) is 16.8. The molecule has 1 amide bonds. The molecule has 3 saturated heterocycles. The number of hydrogen-bond donors (Lipinski definition) is 11. The lowest BCUT2D eigenvalue weighted by atomic mass is 9.85. The molecule has 12 N–H and O–H groups in total. The van der Waals surface area contributed by atoms with E-state index in [0.717, 1.165) is 44.6 Å². The second-order valence-corrected chi connectivity index (χ2v) is 15.0. The van der Waals surface area contributed by atoms with Crippen LogP contribution in [0.15, 0.2) is 24.3 Å². The third-order valence-electron chi connectivity index (χ3n) is 10.9. The zero-order valence-corrected chi connectivity index (χ0v) is 31.7. The summed E-state index contributed by atoms with van der Waals surface area (Å²) in [5.41, 5.74) is 6.59. The van der Waals surface area contributed by atoms with Crippen molar-refractivity contribution in [2.45, 2.75) is 150 Å². The van der Waals surface area contributed by atoms with Gasteiger partial charge in [-0.25, -0.2) is 4.79 Å². The minimum Gasteiger partial charge on any atom is -0.479 e. The number of nitrogens with one attached hydrogen (secondary N) is 1. The van der Waals surface area contributed by atoms with Gasteiger partial charge in [-0.3, -0.25) is 4.79 Å². The van der Waals surface area contributed by atoms with Crippen molar-refractivity contribution < 1.29 is 88.7 Å². The lowest BCUT2D eigenvalue weighted by Crippen LogP contribution is -2.70. The number of hydrogen-bond acceptors (Lipinski definition) is 18. The SMILES string of the molecule is CC(=O)NC1C(O[C@@H]2OC(CO)[C@H](O)C(O)C2O)[C@@H](O)C(CO)O[C@H]1O[C@H]1C(CO)O[C@@H](Oc2ccc(CCN)cc2)C(O)C1O[C@@H](CC1CCCCC1)C(=O)O. The summed E-state index contributed by atoms with van der Waals surface area (Å²) in [5.74, 6) is -1.74. The molecule has 57 heavy (non-hydrogen) atoms. The van der Waals surface area contributed by atoms with E-state index in [9.17, 15) is 55.5 Å². The summed E-state index contributed by atoms with van der Waals surface area (Å²) >= 11 is 0. The van der Waals surface area contributed by atoms with Crippen LogP contribution in [0.3, 0.4) is 0 Å². The summed E-state index contributed by atoms with van der Waals surface area (Å²) < 4.78 is 41.9. The van der Waals surface area contributed by atoms with Gasteiger partial charge in [-0.05, 0) is 43.0 Å². The van der Waals surface area contributed by atoms with Crippen LogP contribution < -0.4 is 15.8 Å². The van der Waals surface area contributed by atoms with Crippen molar-refractivity contribution in [1.29, 1.82) is 0 Å². The number of benzene rings is 1. The molecule has 0 bridgehead atoms. The van der Waals surface area contributed by atoms with Crippen molar-refractivity contribution in [1.82, 2.24) is 5.32 Å². The molecule has 20 nitrogen and oxygen atoms in total. The summed E-state index contributed by atoms with van der Waals surface area (Å²) in [7, 11) is 0. The first kappa shape index (κ1) is 45.4. The topological polar surface area (TPSA) is 319 Å². The van der Waals surface area contributed by atoms with Gasteiger partial charge in [0.1, 0.15) is 78.9 Å². The maximum atomic E-state index is 12.7. The number of rotatable bonds is 17. The van der Waals surface area contributed by atoms with Crippen molar-refractivity contribution in [3.05, 3.63) is 29.8 Å². The predicted octanol–water partition coefficient (Wildman–Crippen LogP) is -3.39. The largest absolute Gasteiger partial charge is 0.479 e. The third kappa shape index (κ3) is 11.1. The number of aliphatic hydroxyl groups is 8. The first-order valence-electron chi connectivity index (χ1n) is 19.4. The number of carboxylic acids is 1. The molecule has 4 fully saturated rings. The minimum absolute atomic E-state index is 0.0156. The number of carbonyl (C=O) groups excluding carboxylic acids is 1. The lowest BCUT2D eigenvalue weighted by molar-refractivity contribution is -0.365. The standard InChI is InChI=1S/C37H58N2O18/c1-17(43)39-25-32(57-36-29(47)28(46)26(44)22(14-40)54-36)27(45)23(15-41)53-35(25)56-31-24(16-42)55-37(51-20-9-7-18(8-10-20)11-12-38)30(48)33(31)52-21(34(49)50)13-19-5-3-2-4-6-19/h7-10,19,21-33,35-37,40-42,44-48H,2-6,11-16,38H2,1H3,(H,39,43)(H,49,50)/t21-,22?,23?,24?,25?,26-,27-,28?,29?,30?,31-,32?,33?,35-,36-,37+/m0/s1. The Labute approximate surface area is 329 Å². The van der Waals surface area contributed by atoms with Crippen molar-refractivity contribution in [3.63, 3.8) is 0 Å². The molecule has 5 rings (SSSR count). The normalized spacial score (nSPS) is 38.3. The highest BCUT2D eigenvalue weighted by Gasteiger charge is 2.55. The number of carboxylic acid groups (broad SMARTS) is 1. The van der Waals surface area contributed by atoms with E-state index in [-0.39, 0.29) is 18.1 Å². The maximum Gasteiger partial charge on any atom is 0.332 e. The van der Waals surface area contributed by atoms with Gasteiger partial charge in [-0.15, -0.1) is 0 Å². The van der Waals surface area contributed by atoms with Gasteiger partial charge in [0, 0.05) is 6.92 Å². The van der Waals surface area contributed by atoms with E-state index in [4.69, 9.17) is 38.9 Å². The van der Waals surface area contributed by atoms with Gasteiger partial charge in [0.15, 0.2) is 18.7 Å². The highest BCUT2D eigenvalue weighted by Crippen LogP contribution is 2.36. The zero-order chi connectivity index (χ0) is 41.4. The molecule has 16 atom stereocenters. The van der Waals surface area contributed by atoms with Crippen LogP contribution >= 0.6 is 0 Å². The highest BCUT2D eigenvalue weighted by molar-refractivity contribution is 5.73. The molecule has 1 aromatic rings. The molecule has 9 unspecified atom stereocenters. The molecule has 3 aliphatic heterocycles. The van der Waals surface area contributed by atoms with Gasteiger partial charge >= 0.3 is 5.97 Å². The van der Waals surface area contributed by atoms with Crippen LogP contribution in [0.4, 0.5) is 0 Å². The average molecular weight is 819 g/mol. The number of aliphatic hydroxyl groups excluding tert-OH is 8. The third-order valence-corrected chi connectivity index (χ3v) is 10.9. The number of ether oxygens (including phenoxy) is 7. The second-order valence-electron chi connectivity index (χ2n) is 15.0. The Morgan fingerprint density at radius 2 is 1.35 bits per heavy atom. The Hall–Kier alpha value is -2.64. The van der Waals surface area contributed by atoms with Gasteiger partial charge in [0.2, 0.25) is 12.2 Å². The number of nitrogens with two attached hydrogens (primary N) is 1. The average Bonchev–Trinajstić information content (AvgIpc) is 3.19. The fourth-order valence-corrected chi connectivity index (χ4v) is 7.85. The molecule has 0 radical (unpaired) electrons. The molecule has 324 valence electrons. The van der Waals surface area contributed by atoms with Gasteiger partial charge in [0.25, 0.3) is 0 Å². The van der Waals surface area contributed by atoms with Gasteiger partial charge < -0.3 is 90.2 Å². The minimum atomic E-state index is -1.92. The molecule has 0 aromatic heterocycles. The molecule has 1 aliphatic carbocycles. The van der Waals surface area contributed by atoms with Gasteiger partial charge in [0.05, 0.1) is 19.8 Å². The molecular weight excluding hydrogens is 760 g/mol. The van der Waals surface area contributed by atoms with E-state index in [0.29, 0.717) is 13.0 Å². The van der Waals surface area contributed by atoms with E-state index >= 15 is 0 Å². The molecule has 1 aromatic carbocycles. The van der Waals surface area contributed by atoms with E-state index in [1.807, 2.05) is 0 Å². The zero-order valence-electron chi connectivity index (χ0n) is 31.7. The fourth-order valence-electron chi connectivity index (χ4n) is 7.85. The first-order chi connectivity index (χ1) is 27.3. The van der Waals surface area contributed by atoms with Crippen LogP contribution in [0, 0.1) is 5.92 Å². The van der Waals surface area contributed by atoms with Gasteiger partial charge in [-0.1, -0.05) is 44.2 Å². The fraction of sp³-hybridized carbons (Fsp3) is 0.784. The van der Waals surface area contributed by atoms with E-state index < -0.39 is 130 Å². The summed E-state index contributed by atoms with van der Waals surface area (Å²) in [5, 5.41) is 98.1. The summed E-state index contributed by atoms with van der Waals surface area (Å²) in [6.07, 6.45) is -19.6. The van der Waals surface area contributed by atoms with Crippen LogP contribution in [0.2, 0.25) is 0 Å². The van der Waals surface area contributed by atoms with E-state index in [1.165, 1.54) is 0 Å². The summed E-state index contributed by atoms with van der Waals surface area (Å²) in [6, 6.07) is 5.25. The highest BCUT2D eigenvalue weighted by atomic mass is 16.8. The van der Waals surface area contributed by atoms with Crippen LogP contribution in [0.25, 0.3) is 0 Å². The lowest BCUT2D eigenvalue weighted by Gasteiger charge is -2.50. The Bertz CT molecular complexity index is 1400. The Morgan fingerprint density at radius 1 is 0.754 bits per heavy atom. The quantitative estimate of drug-likeness (QED) is 0.0730. The van der Waals surface area contributed by atoms with Crippen molar-refractivity contribution in [3.8, 4) is 5.75 Å². The van der Waals surface area contributed by atoms with E-state index in [1.54, 1.807) is 24.3 Å². The monoisotopic (exact) mass is 818 g/mol. The summed E-state index contributed by atoms with van der Waals surface area (Å²) in [6.45, 7) is -0.895. The van der Waals surface area contributed by atoms with Crippen LogP contribution in [0.1, 0.15) is 51.0 Å². The predicted molar refractivity (Wildman–Crippen MR) is 192 cm³/mol.